The van der Waals surface area contributed by atoms with E-state index in [1.807, 2.05) is 41.5 Å². The lowest BCUT2D eigenvalue weighted by atomic mass is 9.80. The van der Waals surface area contributed by atoms with Crippen LogP contribution in [0.1, 0.15) is 47.1 Å². The largest absolute Gasteiger partial charge is 0.488 e. The monoisotopic (exact) mass is 328 g/mol. The number of hydrogen-bond donors (Lipinski definition) is 2. The van der Waals surface area contributed by atoms with Gasteiger partial charge < -0.3 is 19.1 Å². The maximum absolute atomic E-state index is 13.1. The van der Waals surface area contributed by atoms with Gasteiger partial charge in [0.2, 0.25) is 0 Å². The standard InChI is InChI=1S/C15H26BO5P/c1-14(2,3)20-22(19,21-15(4,5)6)11-12-7-9-13(10-8-12)16(17)18/h7-10,17-18H,11H2,1-6H3. The minimum Gasteiger partial charge on any atom is -0.423 e. The van der Waals surface area contributed by atoms with Gasteiger partial charge in [-0.15, -0.1) is 0 Å². The van der Waals surface area contributed by atoms with Gasteiger partial charge in [0.1, 0.15) is 0 Å². The minimum absolute atomic E-state index is 0.128. The molecule has 0 fully saturated rings. The van der Waals surface area contributed by atoms with E-state index in [2.05, 4.69) is 0 Å². The first-order valence-corrected chi connectivity index (χ1v) is 8.98. The number of benzene rings is 1. The summed E-state index contributed by atoms with van der Waals surface area (Å²) >= 11 is 0. The van der Waals surface area contributed by atoms with Crippen molar-refractivity contribution in [2.45, 2.75) is 58.9 Å². The third kappa shape index (κ3) is 7.08. The highest BCUT2D eigenvalue weighted by Gasteiger charge is 2.35. The predicted molar refractivity (Wildman–Crippen MR) is 89.3 cm³/mol. The summed E-state index contributed by atoms with van der Waals surface area (Å²) in [6.07, 6.45) is 0.128. The molecule has 124 valence electrons. The maximum atomic E-state index is 13.1. The second kappa shape index (κ2) is 6.85. The summed E-state index contributed by atoms with van der Waals surface area (Å²) in [6, 6.07) is 6.55. The molecule has 0 unspecified atom stereocenters. The van der Waals surface area contributed by atoms with Crippen LogP contribution in [-0.4, -0.2) is 28.4 Å². The Labute approximate surface area is 133 Å². The van der Waals surface area contributed by atoms with E-state index in [1.165, 1.54) is 0 Å². The van der Waals surface area contributed by atoms with Gasteiger partial charge in [-0.1, -0.05) is 24.3 Å². The molecule has 22 heavy (non-hydrogen) atoms. The Balaban J connectivity index is 3.00. The van der Waals surface area contributed by atoms with Crippen LogP contribution in [0.5, 0.6) is 0 Å². The summed E-state index contributed by atoms with van der Waals surface area (Å²) in [7, 11) is -4.86. The molecule has 0 amide bonds. The highest BCUT2D eigenvalue weighted by Crippen LogP contribution is 2.56. The zero-order chi connectivity index (χ0) is 17.2. The van der Waals surface area contributed by atoms with Crippen molar-refractivity contribution in [3.63, 3.8) is 0 Å². The first-order valence-electron chi connectivity index (χ1n) is 7.25. The second-order valence-corrected chi connectivity index (χ2v) is 9.19. The lowest BCUT2D eigenvalue weighted by Crippen LogP contribution is -2.29. The van der Waals surface area contributed by atoms with Gasteiger partial charge >= 0.3 is 14.7 Å². The first-order chi connectivity index (χ1) is 9.80. The summed E-state index contributed by atoms with van der Waals surface area (Å²) in [4.78, 5) is 0. The van der Waals surface area contributed by atoms with Gasteiger partial charge in [0.05, 0.1) is 17.4 Å². The van der Waals surface area contributed by atoms with E-state index in [4.69, 9.17) is 19.1 Å². The number of rotatable bonds is 5. The van der Waals surface area contributed by atoms with Gasteiger partial charge in [-0.3, -0.25) is 4.57 Å². The van der Waals surface area contributed by atoms with E-state index in [0.717, 1.165) is 5.56 Å². The van der Waals surface area contributed by atoms with Crippen molar-refractivity contribution in [1.82, 2.24) is 0 Å². The maximum Gasteiger partial charge on any atom is 0.488 e. The van der Waals surface area contributed by atoms with Gasteiger partial charge in [-0.05, 0) is 52.6 Å². The van der Waals surface area contributed by atoms with Crippen LogP contribution in [0.15, 0.2) is 24.3 Å². The zero-order valence-corrected chi connectivity index (χ0v) is 15.1. The molecule has 1 aromatic carbocycles. The minimum atomic E-state index is -3.35. The highest BCUT2D eigenvalue weighted by molar-refractivity contribution is 7.53. The molecule has 0 aliphatic heterocycles. The molecule has 0 aromatic heterocycles. The normalized spacial score (nSPS) is 13.3. The van der Waals surface area contributed by atoms with E-state index < -0.39 is 25.9 Å². The fourth-order valence-corrected chi connectivity index (χ4v) is 4.43. The Morgan fingerprint density at radius 2 is 1.36 bits per heavy atom. The van der Waals surface area contributed by atoms with Gasteiger partial charge in [-0.2, -0.15) is 0 Å². The fraction of sp³-hybridized carbons (Fsp3) is 0.600. The van der Waals surface area contributed by atoms with Crippen LogP contribution in [0.2, 0.25) is 0 Å². The fourth-order valence-electron chi connectivity index (χ4n) is 1.94. The van der Waals surface area contributed by atoms with Crippen LogP contribution in [0.3, 0.4) is 0 Å². The molecule has 0 radical (unpaired) electrons. The lowest BCUT2D eigenvalue weighted by Gasteiger charge is -2.32. The Bertz CT molecular complexity index is 508. The third-order valence-corrected chi connectivity index (χ3v) is 4.88. The van der Waals surface area contributed by atoms with E-state index in [1.54, 1.807) is 24.3 Å². The van der Waals surface area contributed by atoms with Gasteiger partial charge in [0, 0.05) is 0 Å². The molecule has 0 bridgehead atoms. The molecule has 0 aliphatic carbocycles. The third-order valence-electron chi connectivity index (χ3n) is 2.48. The van der Waals surface area contributed by atoms with Gasteiger partial charge in [-0.25, -0.2) is 0 Å². The molecule has 0 atom stereocenters. The molecule has 0 saturated heterocycles. The van der Waals surface area contributed by atoms with Crippen LogP contribution >= 0.6 is 7.60 Å². The Morgan fingerprint density at radius 3 is 1.68 bits per heavy atom. The first kappa shape index (κ1) is 19.4. The topological polar surface area (TPSA) is 76.0 Å². The molecule has 1 rings (SSSR count). The molecule has 0 saturated carbocycles. The van der Waals surface area contributed by atoms with E-state index in [9.17, 15) is 4.57 Å². The van der Waals surface area contributed by atoms with Crippen LogP contribution in [0.25, 0.3) is 0 Å². The van der Waals surface area contributed by atoms with Crippen molar-refractivity contribution < 1.29 is 23.7 Å². The summed E-state index contributed by atoms with van der Waals surface area (Å²) in [5, 5.41) is 18.2. The Kier molecular flexibility index (Phi) is 6.04. The molecule has 1 aromatic rings. The van der Waals surface area contributed by atoms with E-state index >= 15 is 0 Å². The summed E-state index contributed by atoms with van der Waals surface area (Å²) < 4.78 is 24.5. The predicted octanol–water partition coefficient (Wildman–Crippen LogP) is 2.69. The van der Waals surface area contributed by atoms with Gasteiger partial charge in [0.15, 0.2) is 0 Å². The molecule has 5 nitrogen and oxygen atoms in total. The Hall–Kier alpha value is -0.645. The Morgan fingerprint density at radius 1 is 0.955 bits per heavy atom. The molecule has 0 spiro atoms. The average Bonchev–Trinajstić information content (AvgIpc) is 2.23. The quantitative estimate of drug-likeness (QED) is 0.642. The van der Waals surface area contributed by atoms with Crippen molar-refractivity contribution in [2.24, 2.45) is 0 Å². The van der Waals surface area contributed by atoms with Crippen LogP contribution in [0.4, 0.5) is 0 Å². The molecule has 2 N–H and O–H groups in total. The van der Waals surface area contributed by atoms with Crippen molar-refractivity contribution in [3.05, 3.63) is 29.8 Å². The molecular weight excluding hydrogens is 302 g/mol. The van der Waals surface area contributed by atoms with E-state index in [-0.39, 0.29) is 6.16 Å². The molecule has 0 heterocycles. The van der Waals surface area contributed by atoms with Crippen LogP contribution in [-0.2, 0) is 19.8 Å². The SMILES string of the molecule is CC(C)(C)OP(=O)(Cc1ccc(B(O)O)cc1)OC(C)(C)C. The van der Waals surface area contributed by atoms with Crippen LogP contribution in [0, 0.1) is 0 Å². The van der Waals surface area contributed by atoms with Crippen molar-refractivity contribution in [2.75, 3.05) is 0 Å². The molecule has 7 heteroatoms. The van der Waals surface area contributed by atoms with Gasteiger partial charge in [0.25, 0.3) is 0 Å². The van der Waals surface area contributed by atoms with Crippen LogP contribution < -0.4 is 5.46 Å². The lowest BCUT2D eigenvalue weighted by molar-refractivity contribution is 0.0485. The summed E-state index contributed by atoms with van der Waals surface area (Å²) in [5.74, 6) is 0. The highest BCUT2D eigenvalue weighted by atomic mass is 31.2. The summed E-state index contributed by atoms with van der Waals surface area (Å²) in [5.41, 5.74) is -0.0578. The summed E-state index contributed by atoms with van der Waals surface area (Å²) in [6.45, 7) is 11.0. The van der Waals surface area contributed by atoms with E-state index in [0.29, 0.717) is 5.46 Å². The van der Waals surface area contributed by atoms with Crippen molar-refractivity contribution >= 4 is 20.2 Å². The molecular formula is C15H26BO5P. The number of hydrogen-bond acceptors (Lipinski definition) is 5. The van der Waals surface area contributed by atoms with Crippen molar-refractivity contribution in [3.8, 4) is 0 Å². The second-order valence-electron chi connectivity index (χ2n) is 7.29. The smallest absolute Gasteiger partial charge is 0.423 e. The average molecular weight is 328 g/mol. The molecule has 0 aliphatic rings. The van der Waals surface area contributed by atoms with Crippen molar-refractivity contribution in [1.29, 1.82) is 0 Å². The zero-order valence-electron chi connectivity index (χ0n) is 14.2.